The van der Waals surface area contributed by atoms with Gasteiger partial charge in [-0.3, -0.25) is 0 Å². The number of carbonyl (C=O) groups is 2. The van der Waals surface area contributed by atoms with Gasteiger partial charge in [0.1, 0.15) is 18.4 Å². The van der Waals surface area contributed by atoms with Gasteiger partial charge < -0.3 is 19.6 Å². The number of hydrogen-bond donors (Lipinski definition) is 2. The SMILES string of the molecule is Cc1oc([C@@H](NC(=O)OCc2ccccc2)C(C)C)nc1C(=O)O. The normalized spacial score (nSPS) is 12.0. The Bertz CT molecular complexity index is 709. The Balaban J connectivity index is 2.04. The van der Waals surface area contributed by atoms with Crippen LogP contribution in [0.2, 0.25) is 0 Å². The molecule has 0 spiro atoms. The van der Waals surface area contributed by atoms with E-state index in [2.05, 4.69) is 10.3 Å². The maximum Gasteiger partial charge on any atom is 0.408 e. The second-order valence-corrected chi connectivity index (χ2v) is 5.69. The van der Waals surface area contributed by atoms with Crippen LogP contribution in [-0.4, -0.2) is 22.2 Å². The van der Waals surface area contributed by atoms with Crippen molar-refractivity contribution in [3.05, 3.63) is 53.2 Å². The minimum atomic E-state index is -1.17. The fourth-order valence-electron chi connectivity index (χ4n) is 2.15. The molecule has 1 atom stereocenters. The standard InChI is InChI=1S/C17H20N2O5/c1-10(2)13(15-18-14(16(20)21)11(3)24-15)19-17(22)23-9-12-7-5-4-6-8-12/h4-8,10,13H,9H2,1-3H3,(H,19,22)(H,20,21)/t13-/m0/s1. The fourth-order valence-corrected chi connectivity index (χ4v) is 2.15. The molecule has 24 heavy (non-hydrogen) atoms. The molecular weight excluding hydrogens is 312 g/mol. The second-order valence-electron chi connectivity index (χ2n) is 5.69. The van der Waals surface area contributed by atoms with E-state index in [4.69, 9.17) is 14.3 Å². The number of aromatic nitrogens is 1. The van der Waals surface area contributed by atoms with Crippen molar-refractivity contribution in [2.45, 2.75) is 33.4 Å². The zero-order chi connectivity index (χ0) is 17.7. The zero-order valence-corrected chi connectivity index (χ0v) is 13.8. The molecule has 7 heteroatoms. The summed E-state index contributed by atoms with van der Waals surface area (Å²) in [6, 6.07) is 8.71. The summed E-state index contributed by atoms with van der Waals surface area (Å²) in [6.07, 6.45) is -0.620. The Labute approximate surface area is 139 Å². The number of aryl methyl sites for hydroxylation is 1. The van der Waals surface area contributed by atoms with Gasteiger partial charge in [0.15, 0.2) is 5.69 Å². The summed E-state index contributed by atoms with van der Waals surface area (Å²) in [5, 5.41) is 11.7. The molecule has 0 saturated heterocycles. The highest BCUT2D eigenvalue weighted by Crippen LogP contribution is 2.23. The number of nitrogens with zero attached hydrogens (tertiary/aromatic N) is 1. The van der Waals surface area contributed by atoms with Gasteiger partial charge in [-0.1, -0.05) is 44.2 Å². The topological polar surface area (TPSA) is 102 Å². The molecule has 0 radical (unpaired) electrons. The Morgan fingerprint density at radius 1 is 1.29 bits per heavy atom. The van der Waals surface area contributed by atoms with Gasteiger partial charge in [0.25, 0.3) is 0 Å². The smallest absolute Gasteiger partial charge is 0.408 e. The van der Waals surface area contributed by atoms with Gasteiger partial charge in [0, 0.05) is 0 Å². The Kier molecular flexibility index (Phi) is 5.57. The summed E-state index contributed by atoms with van der Waals surface area (Å²) < 4.78 is 10.6. The summed E-state index contributed by atoms with van der Waals surface area (Å²) in [6.45, 7) is 5.39. The molecule has 2 aromatic rings. The molecule has 0 aliphatic carbocycles. The number of nitrogens with one attached hydrogen (secondary N) is 1. The van der Waals surface area contributed by atoms with Crippen LogP contribution in [-0.2, 0) is 11.3 Å². The average Bonchev–Trinajstić information content (AvgIpc) is 2.93. The van der Waals surface area contributed by atoms with Crippen molar-refractivity contribution in [2.75, 3.05) is 0 Å². The summed E-state index contributed by atoms with van der Waals surface area (Å²) in [5.41, 5.74) is 0.712. The Hall–Kier alpha value is -2.83. The van der Waals surface area contributed by atoms with E-state index in [1.807, 2.05) is 44.2 Å². The highest BCUT2D eigenvalue weighted by atomic mass is 16.5. The molecule has 7 nitrogen and oxygen atoms in total. The predicted octanol–water partition coefficient (Wildman–Crippen LogP) is 3.30. The van der Waals surface area contributed by atoms with Crippen LogP contribution in [0.25, 0.3) is 0 Å². The second kappa shape index (κ2) is 7.63. The molecule has 0 saturated carbocycles. The van der Waals surface area contributed by atoms with Crippen LogP contribution in [0.15, 0.2) is 34.7 Å². The Morgan fingerprint density at radius 2 is 1.96 bits per heavy atom. The minimum absolute atomic E-state index is 0.0611. The molecule has 0 unspecified atom stereocenters. The molecule has 0 aliphatic heterocycles. The number of carbonyl (C=O) groups excluding carboxylic acids is 1. The number of carboxylic acids is 1. The van der Waals surface area contributed by atoms with Crippen LogP contribution in [0.5, 0.6) is 0 Å². The van der Waals surface area contributed by atoms with Crippen LogP contribution < -0.4 is 5.32 Å². The summed E-state index contributed by atoms with van der Waals surface area (Å²) >= 11 is 0. The minimum Gasteiger partial charge on any atom is -0.476 e. The first-order valence-electron chi connectivity index (χ1n) is 7.56. The molecule has 0 aliphatic rings. The molecular formula is C17H20N2O5. The maximum atomic E-state index is 12.0. The van der Waals surface area contributed by atoms with E-state index in [1.165, 1.54) is 6.92 Å². The number of alkyl carbamates (subject to hydrolysis) is 1. The first-order chi connectivity index (χ1) is 11.4. The van der Waals surface area contributed by atoms with Gasteiger partial charge in [0.2, 0.25) is 5.89 Å². The molecule has 1 heterocycles. The van der Waals surface area contributed by atoms with E-state index >= 15 is 0 Å². The van der Waals surface area contributed by atoms with Gasteiger partial charge in [0.05, 0.1) is 0 Å². The molecule has 1 aromatic heterocycles. The molecule has 1 aromatic carbocycles. The first-order valence-corrected chi connectivity index (χ1v) is 7.56. The van der Waals surface area contributed by atoms with Crippen molar-refractivity contribution in [1.29, 1.82) is 0 Å². The monoisotopic (exact) mass is 332 g/mol. The largest absolute Gasteiger partial charge is 0.476 e. The van der Waals surface area contributed by atoms with Crippen LogP contribution in [0.3, 0.4) is 0 Å². The van der Waals surface area contributed by atoms with Crippen molar-refractivity contribution < 1.29 is 23.8 Å². The lowest BCUT2D eigenvalue weighted by atomic mass is 10.1. The van der Waals surface area contributed by atoms with Crippen molar-refractivity contribution >= 4 is 12.1 Å². The maximum absolute atomic E-state index is 12.0. The average molecular weight is 332 g/mol. The predicted molar refractivity (Wildman–Crippen MR) is 85.5 cm³/mol. The fraction of sp³-hybridized carbons (Fsp3) is 0.353. The number of ether oxygens (including phenoxy) is 1. The van der Waals surface area contributed by atoms with E-state index in [0.29, 0.717) is 0 Å². The number of hydrogen-bond acceptors (Lipinski definition) is 5. The van der Waals surface area contributed by atoms with Crippen LogP contribution in [0.1, 0.15) is 47.6 Å². The number of amides is 1. The lowest BCUT2D eigenvalue weighted by molar-refractivity contribution is 0.0689. The Morgan fingerprint density at radius 3 is 2.50 bits per heavy atom. The van der Waals surface area contributed by atoms with Crippen LogP contribution in [0, 0.1) is 12.8 Å². The van der Waals surface area contributed by atoms with E-state index in [9.17, 15) is 9.59 Å². The van der Waals surface area contributed by atoms with Crippen LogP contribution in [0.4, 0.5) is 4.79 Å². The lowest BCUT2D eigenvalue weighted by Gasteiger charge is -2.19. The number of rotatable bonds is 6. The van der Waals surface area contributed by atoms with E-state index in [1.54, 1.807) is 0 Å². The van der Waals surface area contributed by atoms with Crippen molar-refractivity contribution in [3.8, 4) is 0 Å². The third-order valence-corrected chi connectivity index (χ3v) is 3.43. The highest BCUT2D eigenvalue weighted by molar-refractivity contribution is 5.86. The van der Waals surface area contributed by atoms with E-state index in [-0.39, 0.29) is 29.9 Å². The lowest BCUT2D eigenvalue weighted by Crippen LogP contribution is -2.32. The quantitative estimate of drug-likeness (QED) is 0.841. The highest BCUT2D eigenvalue weighted by Gasteiger charge is 2.27. The summed E-state index contributed by atoms with van der Waals surface area (Å²) in [5.74, 6) is -0.884. The first kappa shape index (κ1) is 17.5. The van der Waals surface area contributed by atoms with E-state index < -0.39 is 18.1 Å². The summed E-state index contributed by atoms with van der Waals surface area (Å²) in [4.78, 5) is 27.1. The van der Waals surface area contributed by atoms with Gasteiger partial charge in [-0.15, -0.1) is 0 Å². The van der Waals surface area contributed by atoms with E-state index in [0.717, 1.165) is 5.56 Å². The van der Waals surface area contributed by atoms with Crippen LogP contribution >= 0.6 is 0 Å². The molecule has 0 bridgehead atoms. The molecule has 2 N–H and O–H groups in total. The van der Waals surface area contributed by atoms with Crippen molar-refractivity contribution in [3.63, 3.8) is 0 Å². The van der Waals surface area contributed by atoms with Gasteiger partial charge >= 0.3 is 12.1 Å². The third kappa shape index (κ3) is 4.34. The molecule has 1 amide bonds. The van der Waals surface area contributed by atoms with Gasteiger partial charge in [-0.05, 0) is 18.4 Å². The molecule has 128 valence electrons. The molecule has 0 fully saturated rings. The number of oxazole rings is 1. The number of benzene rings is 1. The summed E-state index contributed by atoms with van der Waals surface area (Å²) in [7, 11) is 0. The number of aromatic carboxylic acids is 1. The van der Waals surface area contributed by atoms with Crippen molar-refractivity contribution in [1.82, 2.24) is 10.3 Å². The van der Waals surface area contributed by atoms with Gasteiger partial charge in [-0.25, -0.2) is 14.6 Å². The zero-order valence-electron chi connectivity index (χ0n) is 13.8. The van der Waals surface area contributed by atoms with Crippen molar-refractivity contribution in [2.24, 2.45) is 5.92 Å². The third-order valence-electron chi connectivity index (χ3n) is 3.43. The van der Waals surface area contributed by atoms with Gasteiger partial charge in [-0.2, -0.15) is 0 Å². The number of carboxylic acid groups (broad SMARTS) is 1. The molecule has 2 rings (SSSR count).